The Morgan fingerprint density at radius 1 is 1.21 bits per heavy atom. The molecule has 1 aromatic carbocycles. The van der Waals surface area contributed by atoms with Crippen molar-refractivity contribution in [1.82, 2.24) is 4.98 Å². The van der Waals surface area contributed by atoms with Crippen LogP contribution in [0.3, 0.4) is 0 Å². The lowest BCUT2D eigenvalue weighted by Gasteiger charge is -2.20. The Morgan fingerprint density at radius 2 is 1.95 bits per heavy atom. The van der Waals surface area contributed by atoms with Gasteiger partial charge in [0.05, 0.1) is 0 Å². The van der Waals surface area contributed by atoms with Crippen LogP contribution in [0.2, 0.25) is 0 Å². The van der Waals surface area contributed by atoms with Gasteiger partial charge in [-0.3, -0.25) is 4.98 Å². The molecule has 0 amide bonds. The van der Waals surface area contributed by atoms with Gasteiger partial charge in [-0.25, -0.2) is 0 Å². The number of benzene rings is 1. The Balaban J connectivity index is 2.05. The average Bonchev–Trinajstić information content (AvgIpc) is 2.47. The zero-order valence-electron chi connectivity index (χ0n) is 11.6. The van der Waals surface area contributed by atoms with E-state index in [-0.39, 0.29) is 6.04 Å². The topological polar surface area (TPSA) is 42.1 Å². The van der Waals surface area contributed by atoms with Crippen LogP contribution in [0, 0.1) is 0 Å². The number of hydrogen-bond donors (Lipinski definition) is 1. The third-order valence-electron chi connectivity index (χ3n) is 3.34. The monoisotopic (exact) mass is 255 g/mol. The first-order valence-electron chi connectivity index (χ1n) is 6.66. The summed E-state index contributed by atoms with van der Waals surface area (Å²) in [6, 6.07) is 12.7. The molecule has 1 aromatic heterocycles. The molecule has 0 radical (unpaired) electrons. The quantitative estimate of drug-likeness (QED) is 0.892. The zero-order valence-corrected chi connectivity index (χ0v) is 11.6. The maximum atomic E-state index is 6.02. The summed E-state index contributed by atoms with van der Waals surface area (Å²) in [5, 5.41) is 0. The molecule has 0 saturated heterocycles. The molecule has 0 aliphatic heterocycles. The summed E-state index contributed by atoms with van der Waals surface area (Å²) >= 11 is 0. The SMILES string of the molecule is CC[C@H](N)c1ccc(N(C)Cc2cccnc2)cc1. The van der Waals surface area contributed by atoms with E-state index >= 15 is 0 Å². The van der Waals surface area contributed by atoms with Crippen molar-refractivity contribution in [2.75, 3.05) is 11.9 Å². The molecule has 0 bridgehead atoms. The third-order valence-corrected chi connectivity index (χ3v) is 3.34. The molecule has 100 valence electrons. The second-order valence-electron chi connectivity index (χ2n) is 4.82. The molecular formula is C16H21N3. The fraction of sp³-hybridized carbons (Fsp3) is 0.312. The summed E-state index contributed by atoms with van der Waals surface area (Å²) in [7, 11) is 2.09. The third kappa shape index (κ3) is 3.55. The predicted molar refractivity (Wildman–Crippen MR) is 80.0 cm³/mol. The Hall–Kier alpha value is -1.87. The number of aromatic nitrogens is 1. The fourth-order valence-corrected chi connectivity index (χ4v) is 2.07. The molecule has 2 N–H and O–H groups in total. The lowest BCUT2D eigenvalue weighted by Crippen LogP contribution is -2.16. The van der Waals surface area contributed by atoms with Crippen LogP contribution in [-0.2, 0) is 6.54 Å². The molecule has 0 aliphatic rings. The molecule has 3 nitrogen and oxygen atoms in total. The predicted octanol–water partition coefficient (Wildman–Crippen LogP) is 3.13. The minimum Gasteiger partial charge on any atom is -0.370 e. The van der Waals surface area contributed by atoms with Gasteiger partial charge in [-0.1, -0.05) is 25.1 Å². The van der Waals surface area contributed by atoms with Gasteiger partial charge < -0.3 is 10.6 Å². The highest BCUT2D eigenvalue weighted by Crippen LogP contribution is 2.20. The Morgan fingerprint density at radius 3 is 2.53 bits per heavy atom. The number of hydrogen-bond acceptors (Lipinski definition) is 3. The average molecular weight is 255 g/mol. The maximum absolute atomic E-state index is 6.02. The first-order valence-corrected chi connectivity index (χ1v) is 6.66. The fourth-order valence-electron chi connectivity index (χ4n) is 2.07. The number of rotatable bonds is 5. The molecule has 0 fully saturated rings. The van der Waals surface area contributed by atoms with Crippen molar-refractivity contribution in [3.8, 4) is 0 Å². The lowest BCUT2D eigenvalue weighted by molar-refractivity contribution is 0.698. The smallest absolute Gasteiger partial charge is 0.0441 e. The number of nitrogens with zero attached hydrogens (tertiary/aromatic N) is 2. The van der Waals surface area contributed by atoms with E-state index in [1.54, 1.807) is 6.20 Å². The van der Waals surface area contributed by atoms with E-state index in [0.717, 1.165) is 13.0 Å². The van der Waals surface area contributed by atoms with Gasteiger partial charge in [-0.05, 0) is 35.7 Å². The minimum atomic E-state index is 0.137. The van der Waals surface area contributed by atoms with Gasteiger partial charge in [0.1, 0.15) is 0 Å². The number of anilines is 1. The van der Waals surface area contributed by atoms with Crippen molar-refractivity contribution in [1.29, 1.82) is 0 Å². The maximum Gasteiger partial charge on any atom is 0.0441 e. The van der Waals surface area contributed by atoms with Crippen molar-refractivity contribution in [2.45, 2.75) is 25.9 Å². The van der Waals surface area contributed by atoms with Crippen molar-refractivity contribution in [3.63, 3.8) is 0 Å². The first-order chi connectivity index (χ1) is 9.20. The second-order valence-corrected chi connectivity index (χ2v) is 4.82. The molecule has 0 spiro atoms. The van der Waals surface area contributed by atoms with Crippen molar-refractivity contribution >= 4 is 5.69 Å². The van der Waals surface area contributed by atoms with Gasteiger partial charge in [0.2, 0.25) is 0 Å². The van der Waals surface area contributed by atoms with E-state index in [0.29, 0.717) is 0 Å². The summed E-state index contributed by atoms with van der Waals surface area (Å²) < 4.78 is 0. The standard InChI is InChI=1S/C16H21N3/c1-3-16(17)14-6-8-15(9-7-14)19(2)12-13-5-4-10-18-11-13/h4-11,16H,3,12,17H2,1-2H3/t16-/m0/s1. The molecule has 0 aliphatic carbocycles. The Kier molecular flexibility index (Phi) is 4.53. The Labute approximate surface area is 115 Å². The summed E-state index contributed by atoms with van der Waals surface area (Å²) in [6.07, 6.45) is 4.66. The van der Waals surface area contributed by atoms with Gasteiger partial charge in [-0.2, -0.15) is 0 Å². The van der Waals surface area contributed by atoms with Crippen LogP contribution in [0.1, 0.15) is 30.5 Å². The molecule has 0 unspecified atom stereocenters. The summed E-state index contributed by atoms with van der Waals surface area (Å²) in [5.41, 5.74) is 9.62. The molecule has 0 saturated carbocycles. The second kappa shape index (κ2) is 6.34. The molecule has 2 rings (SSSR count). The molecule has 1 atom stereocenters. The van der Waals surface area contributed by atoms with Crippen LogP contribution in [0.15, 0.2) is 48.8 Å². The van der Waals surface area contributed by atoms with E-state index in [2.05, 4.69) is 54.2 Å². The van der Waals surface area contributed by atoms with Gasteiger partial charge in [0, 0.05) is 37.7 Å². The van der Waals surface area contributed by atoms with Crippen molar-refractivity contribution in [2.24, 2.45) is 5.73 Å². The van der Waals surface area contributed by atoms with E-state index in [4.69, 9.17) is 5.73 Å². The van der Waals surface area contributed by atoms with Crippen LogP contribution < -0.4 is 10.6 Å². The Bertz CT molecular complexity index is 493. The summed E-state index contributed by atoms with van der Waals surface area (Å²) in [6.45, 7) is 2.96. The van der Waals surface area contributed by atoms with Crippen LogP contribution in [0.5, 0.6) is 0 Å². The van der Waals surface area contributed by atoms with Crippen LogP contribution in [0.25, 0.3) is 0 Å². The summed E-state index contributed by atoms with van der Waals surface area (Å²) in [4.78, 5) is 6.34. The number of nitrogens with two attached hydrogens (primary N) is 1. The van der Waals surface area contributed by atoms with Gasteiger partial charge in [0.25, 0.3) is 0 Å². The largest absolute Gasteiger partial charge is 0.370 e. The van der Waals surface area contributed by atoms with Crippen LogP contribution in [0.4, 0.5) is 5.69 Å². The van der Waals surface area contributed by atoms with Crippen molar-refractivity contribution in [3.05, 3.63) is 59.9 Å². The van der Waals surface area contributed by atoms with E-state index < -0.39 is 0 Å². The molecule has 2 aromatic rings. The minimum absolute atomic E-state index is 0.137. The highest BCUT2D eigenvalue weighted by molar-refractivity contribution is 5.47. The first kappa shape index (κ1) is 13.6. The van der Waals surface area contributed by atoms with E-state index in [1.807, 2.05) is 12.3 Å². The summed E-state index contributed by atoms with van der Waals surface area (Å²) in [5.74, 6) is 0. The van der Waals surface area contributed by atoms with Crippen LogP contribution in [-0.4, -0.2) is 12.0 Å². The molecule has 3 heteroatoms. The molecule has 1 heterocycles. The normalized spacial score (nSPS) is 12.2. The van der Waals surface area contributed by atoms with Gasteiger partial charge in [0.15, 0.2) is 0 Å². The van der Waals surface area contributed by atoms with E-state index in [9.17, 15) is 0 Å². The van der Waals surface area contributed by atoms with Gasteiger partial charge >= 0.3 is 0 Å². The number of pyridine rings is 1. The lowest BCUT2D eigenvalue weighted by atomic mass is 10.1. The van der Waals surface area contributed by atoms with Gasteiger partial charge in [-0.15, -0.1) is 0 Å². The highest BCUT2D eigenvalue weighted by Gasteiger charge is 2.05. The van der Waals surface area contributed by atoms with E-state index in [1.165, 1.54) is 16.8 Å². The van der Waals surface area contributed by atoms with Crippen molar-refractivity contribution < 1.29 is 0 Å². The van der Waals surface area contributed by atoms with Crippen LogP contribution >= 0.6 is 0 Å². The highest BCUT2D eigenvalue weighted by atomic mass is 15.1. The molecule has 19 heavy (non-hydrogen) atoms. The zero-order chi connectivity index (χ0) is 13.7. The molecular weight excluding hydrogens is 234 g/mol.